The van der Waals surface area contributed by atoms with Crippen LogP contribution in [-0.4, -0.2) is 53.2 Å². The van der Waals surface area contributed by atoms with Gasteiger partial charge in [0.2, 0.25) is 5.91 Å². The summed E-state index contributed by atoms with van der Waals surface area (Å²) in [4.78, 5) is 14.9. The normalized spacial score (nSPS) is 17.8. The summed E-state index contributed by atoms with van der Waals surface area (Å²) in [7, 11) is 3.21. The number of rotatable bonds is 5. The molecule has 1 atom stereocenters. The van der Waals surface area contributed by atoms with Gasteiger partial charge in [-0.2, -0.15) is 9.78 Å². The summed E-state index contributed by atoms with van der Waals surface area (Å²) in [6.45, 7) is 3.97. The first-order chi connectivity index (χ1) is 15.6. The second-order valence-electron chi connectivity index (χ2n) is 8.12. The summed E-state index contributed by atoms with van der Waals surface area (Å²) in [5.41, 5.74) is 2.78. The smallest absolute Gasteiger partial charge is 0.226 e. The van der Waals surface area contributed by atoms with Crippen LogP contribution >= 0.6 is 0 Å². The van der Waals surface area contributed by atoms with Crippen LogP contribution < -0.4 is 19.7 Å². The number of nitrogens with zero attached hydrogens (tertiary/aromatic N) is 5. The Morgan fingerprint density at radius 2 is 1.72 bits per heavy atom. The summed E-state index contributed by atoms with van der Waals surface area (Å²) < 4.78 is 12.5. The number of anilines is 2. The highest BCUT2D eigenvalue weighted by atomic mass is 16.5. The van der Waals surface area contributed by atoms with Crippen LogP contribution in [0.1, 0.15) is 42.0 Å². The average molecular weight is 435 g/mol. The Morgan fingerprint density at radius 3 is 2.41 bits per heavy atom. The van der Waals surface area contributed by atoms with Gasteiger partial charge < -0.3 is 19.7 Å². The molecule has 3 aromatic rings. The topological polar surface area (TPSA) is 94.4 Å². The van der Waals surface area contributed by atoms with E-state index in [0.717, 1.165) is 35.7 Å². The number of methoxy groups -OCH3 is 2. The van der Waals surface area contributed by atoms with E-state index in [1.54, 1.807) is 18.9 Å². The zero-order valence-electron chi connectivity index (χ0n) is 18.5. The molecule has 0 aliphatic carbocycles. The fourth-order valence-electron chi connectivity index (χ4n) is 4.61. The van der Waals surface area contributed by atoms with Crippen molar-refractivity contribution in [2.45, 2.75) is 32.1 Å². The minimum Gasteiger partial charge on any atom is -0.493 e. The summed E-state index contributed by atoms with van der Waals surface area (Å²) in [6, 6.07) is 9.62. The third-order valence-electron chi connectivity index (χ3n) is 6.20. The molecular weight excluding hydrogens is 408 g/mol. The van der Waals surface area contributed by atoms with Crippen molar-refractivity contribution in [3.63, 3.8) is 0 Å². The maximum absolute atomic E-state index is 12.7. The van der Waals surface area contributed by atoms with Gasteiger partial charge in [-0.3, -0.25) is 4.79 Å². The van der Waals surface area contributed by atoms with E-state index in [0.29, 0.717) is 29.6 Å². The van der Waals surface area contributed by atoms with Crippen molar-refractivity contribution in [2.24, 2.45) is 0 Å². The molecule has 0 bridgehead atoms. The number of ether oxygens (including phenoxy) is 2. The van der Waals surface area contributed by atoms with Crippen molar-refractivity contribution in [3.8, 4) is 17.3 Å². The van der Waals surface area contributed by atoms with Gasteiger partial charge in [0.25, 0.3) is 0 Å². The number of carbonyl (C=O) groups excluding carboxylic acids is 1. The molecule has 1 aromatic carbocycles. The first kappa shape index (κ1) is 20.3. The quantitative estimate of drug-likeness (QED) is 0.659. The Morgan fingerprint density at radius 1 is 1.00 bits per heavy atom. The highest BCUT2D eigenvalue weighted by molar-refractivity contribution is 5.95. The molecule has 166 valence electrons. The maximum atomic E-state index is 12.7. The molecule has 5 rings (SSSR count). The predicted molar refractivity (Wildman–Crippen MR) is 120 cm³/mol. The Bertz CT molecular complexity index is 1150. The zero-order valence-corrected chi connectivity index (χ0v) is 18.5. The lowest BCUT2D eigenvalue weighted by atomic mass is 9.85. The number of fused-ring (bicyclic) bond motifs is 1. The van der Waals surface area contributed by atoms with E-state index >= 15 is 0 Å². The second kappa shape index (κ2) is 8.14. The van der Waals surface area contributed by atoms with Crippen LogP contribution in [0.25, 0.3) is 5.82 Å². The summed E-state index contributed by atoms with van der Waals surface area (Å²) in [5.74, 6) is 3.15. The van der Waals surface area contributed by atoms with E-state index in [-0.39, 0.29) is 11.8 Å². The van der Waals surface area contributed by atoms with E-state index in [1.165, 1.54) is 12.8 Å². The van der Waals surface area contributed by atoms with Crippen LogP contribution in [0.4, 0.5) is 11.6 Å². The van der Waals surface area contributed by atoms with Crippen molar-refractivity contribution < 1.29 is 14.3 Å². The lowest BCUT2D eigenvalue weighted by Gasteiger charge is -2.25. The fourth-order valence-corrected chi connectivity index (χ4v) is 4.61. The number of hydrogen-bond acceptors (Lipinski definition) is 7. The van der Waals surface area contributed by atoms with Crippen molar-refractivity contribution in [1.29, 1.82) is 0 Å². The molecule has 2 aliphatic heterocycles. The van der Waals surface area contributed by atoms with Crippen LogP contribution in [-0.2, 0) is 4.79 Å². The summed E-state index contributed by atoms with van der Waals surface area (Å²) in [6.07, 6.45) is 2.69. The van der Waals surface area contributed by atoms with Gasteiger partial charge in [0.1, 0.15) is 5.82 Å². The molecule has 2 aliphatic rings. The van der Waals surface area contributed by atoms with Crippen molar-refractivity contribution in [2.75, 3.05) is 37.5 Å². The minimum absolute atomic E-state index is 0.0694. The Balaban J connectivity index is 1.54. The van der Waals surface area contributed by atoms with Crippen LogP contribution in [0.15, 0.2) is 30.3 Å². The zero-order chi connectivity index (χ0) is 22.2. The van der Waals surface area contributed by atoms with Gasteiger partial charge in [0.05, 0.1) is 19.9 Å². The molecule has 9 nitrogen and oxygen atoms in total. The fraction of sp³-hybridized carbons (Fsp3) is 0.391. The van der Waals surface area contributed by atoms with Gasteiger partial charge in [-0.1, -0.05) is 6.07 Å². The Labute approximate surface area is 186 Å². The van der Waals surface area contributed by atoms with Gasteiger partial charge in [0, 0.05) is 31.0 Å². The molecule has 0 radical (unpaired) electrons. The lowest BCUT2D eigenvalue weighted by Crippen LogP contribution is -2.25. The molecule has 0 saturated carbocycles. The highest BCUT2D eigenvalue weighted by Gasteiger charge is 2.33. The number of aromatic nitrogens is 4. The maximum Gasteiger partial charge on any atom is 0.226 e. The van der Waals surface area contributed by atoms with Gasteiger partial charge in [0.15, 0.2) is 23.1 Å². The number of carbonyl (C=O) groups is 1. The SMILES string of the molecule is COc1ccc(C2CC(=O)Nc3c2c(C)nn3-c2ccc(N3CCCC3)nn2)cc1OC. The molecular formula is C23H26N6O3. The number of aryl methyl sites for hydroxylation is 1. The lowest BCUT2D eigenvalue weighted by molar-refractivity contribution is -0.116. The third kappa shape index (κ3) is 3.43. The van der Waals surface area contributed by atoms with Crippen LogP contribution in [0.5, 0.6) is 11.5 Å². The van der Waals surface area contributed by atoms with Gasteiger partial charge in [-0.25, -0.2) is 0 Å². The molecule has 2 aromatic heterocycles. The number of benzene rings is 1. The molecule has 1 fully saturated rings. The van der Waals surface area contributed by atoms with Crippen molar-refractivity contribution in [3.05, 3.63) is 47.2 Å². The van der Waals surface area contributed by atoms with Crippen molar-refractivity contribution >= 4 is 17.5 Å². The van der Waals surface area contributed by atoms with E-state index < -0.39 is 0 Å². The third-order valence-corrected chi connectivity index (χ3v) is 6.20. The molecule has 1 saturated heterocycles. The Kier molecular flexibility index (Phi) is 5.16. The largest absolute Gasteiger partial charge is 0.493 e. The molecule has 1 unspecified atom stereocenters. The average Bonchev–Trinajstić information content (AvgIpc) is 3.47. The molecule has 0 spiro atoms. The van der Waals surface area contributed by atoms with E-state index in [9.17, 15) is 4.79 Å². The second-order valence-corrected chi connectivity index (χ2v) is 8.12. The summed E-state index contributed by atoms with van der Waals surface area (Å²) in [5, 5.41) is 16.5. The standard InChI is InChI=1S/C23H26N6O3/c1-14-22-16(15-6-7-17(31-2)18(12-15)32-3)13-21(30)24-23(22)29(27-14)20-9-8-19(25-26-20)28-10-4-5-11-28/h6-9,12,16H,4-5,10-11,13H2,1-3H3,(H,24,30). The molecule has 32 heavy (non-hydrogen) atoms. The van der Waals surface area contributed by atoms with E-state index in [2.05, 4.69) is 20.4 Å². The molecule has 1 N–H and O–H groups in total. The predicted octanol–water partition coefficient (Wildman–Crippen LogP) is 3.06. The monoisotopic (exact) mass is 434 g/mol. The first-order valence-corrected chi connectivity index (χ1v) is 10.8. The van der Waals surface area contributed by atoms with Crippen molar-refractivity contribution in [1.82, 2.24) is 20.0 Å². The highest BCUT2D eigenvalue weighted by Crippen LogP contribution is 2.42. The summed E-state index contributed by atoms with van der Waals surface area (Å²) >= 11 is 0. The first-order valence-electron chi connectivity index (χ1n) is 10.8. The van der Waals surface area contributed by atoms with Crippen LogP contribution in [0.3, 0.4) is 0 Å². The molecule has 1 amide bonds. The van der Waals surface area contributed by atoms with Crippen LogP contribution in [0, 0.1) is 6.92 Å². The van der Waals surface area contributed by atoms with E-state index in [1.807, 2.05) is 37.3 Å². The molecule has 9 heteroatoms. The van der Waals surface area contributed by atoms with E-state index in [4.69, 9.17) is 14.6 Å². The minimum atomic E-state index is -0.149. The number of amides is 1. The van der Waals surface area contributed by atoms with Crippen LogP contribution in [0.2, 0.25) is 0 Å². The number of nitrogens with one attached hydrogen (secondary N) is 1. The Hall–Kier alpha value is -3.62. The molecule has 4 heterocycles. The van der Waals surface area contributed by atoms with Gasteiger partial charge >= 0.3 is 0 Å². The van der Waals surface area contributed by atoms with Gasteiger partial charge in [-0.05, 0) is 49.6 Å². The number of hydrogen-bond donors (Lipinski definition) is 1. The van der Waals surface area contributed by atoms with Gasteiger partial charge in [-0.15, -0.1) is 10.2 Å².